The molecule has 0 aliphatic carbocycles. The highest BCUT2D eigenvalue weighted by molar-refractivity contribution is 7.14. The lowest BCUT2D eigenvalue weighted by atomic mass is 10.1. The maximum atomic E-state index is 10.7. The first-order chi connectivity index (χ1) is 11.6. The molecule has 0 aliphatic heterocycles. The lowest BCUT2D eigenvalue weighted by Crippen LogP contribution is -1.90. The Hall–Kier alpha value is -3.26. The van der Waals surface area contributed by atoms with Crippen LogP contribution in [0.1, 0.15) is 5.56 Å². The molecule has 3 rings (SSSR count). The van der Waals surface area contributed by atoms with Gasteiger partial charge in [0.25, 0.3) is 5.69 Å². The van der Waals surface area contributed by atoms with Crippen molar-refractivity contribution in [1.29, 1.82) is 0 Å². The first-order valence-electron chi connectivity index (χ1n) is 6.90. The fourth-order valence-electron chi connectivity index (χ4n) is 1.98. The Labute approximate surface area is 141 Å². The maximum Gasteiger partial charge on any atom is 0.269 e. The van der Waals surface area contributed by atoms with E-state index in [4.69, 9.17) is 0 Å². The molecule has 0 bridgehead atoms. The van der Waals surface area contributed by atoms with Gasteiger partial charge >= 0.3 is 0 Å². The first kappa shape index (κ1) is 15.6. The van der Waals surface area contributed by atoms with Gasteiger partial charge in [-0.05, 0) is 29.8 Å². The van der Waals surface area contributed by atoms with Crippen LogP contribution in [0.2, 0.25) is 0 Å². The fraction of sp³-hybridized carbons (Fsp3) is 0. The van der Waals surface area contributed by atoms with Crippen LogP contribution in [-0.4, -0.2) is 21.2 Å². The highest BCUT2D eigenvalue weighted by Gasteiger charge is 2.07. The number of hydrogen-bond acceptors (Lipinski definition) is 7. The molecule has 0 radical (unpaired) electrons. The van der Waals surface area contributed by atoms with Crippen LogP contribution in [0.15, 0.2) is 59.0 Å². The number of nitrogens with one attached hydrogen (secondary N) is 1. The molecule has 8 heteroatoms. The molecular formula is C16H12N4O3S. The summed E-state index contributed by atoms with van der Waals surface area (Å²) in [6, 6.07) is 12.9. The molecule has 2 N–H and O–H groups in total. The number of aromatic hydroxyl groups is 1. The second-order valence-electron chi connectivity index (χ2n) is 4.81. The van der Waals surface area contributed by atoms with Gasteiger partial charge in [0.1, 0.15) is 5.75 Å². The smallest absolute Gasteiger partial charge is 0.269 e. The normalized spacial score (nSPS) is 10.8. The monoisotopic (exact) mass is 340 g/mol. The fourth-order valence-corrected chi connectivity index (χ4v) is 2.65. The Bertz CT molecular complexity index is 890. The van der Waals surface area contributed by atoms with Gasteiger partial charge in [0, 0.05) is 23.1 Å². The van der Waals surface area contributed by atoms with Gasteiger partial charge in [-0.15, -0.1) is 11.3 Å². The van der Waals surface area contributed by atoms with Crippen molar-refractivity contribution in [3.63, 3.8) is 0 Å². The molecule has 0 unspecified atom stereocenters. The number of rotatable bonds is 5. The van der Waals surface area contributed by atoms with E-state index in [1.54, 1.807) is 36.5 Å². The third-order valence-corrected chi connectivity index (χ3v) is 3.87. The molecule has 0 saturated heterocycles. The number of benzene rings is 2. The van der Waals surface area contributed by atoms with Crippen molar-refractivity contribution in [2.75, 3.05) is 5.43 Å². The quantitative estimate of drug-likeness (QED) is 0.417. The van der Waals surface area contributed by atoms with E-state index in [0.29, 0.717) is 10.8 Å². The zero-order chi connectivity index (χ0) is 16.9. The van der Waals surface area contributed by atoms with Crippen LogP contribution in [0.4, 0.5) is 10.8 Å². The van der Waals surface area contributed by atoms with Gasteiger partial charge in [-0.2, -0.15) is 5.10 Å². The summed E-state index contributed by atoms with van der Waals surface area (Å²) in [5.74, 6) is 0.175. The summed E-state index contributed by atoms with van der Waals surface area (Å²) in [6.45, 7) is 0. The number of anilines is 1. The van der Waals surface area contributed by atoms with Crippen molar-refractivity contribution in [2.24, 2.45) is 5.10 Å². The van der Waals surface area contributed by atoms with Crippen molar-refractivity contribution in [3.05, 3.63) is 69.6 Å². The Morgan fingerprint density at radius 2 is 2.04 bits per heavy atom. The molecule has 0 amide bonds. The molecule has 1 heterocycles. The number of nitrogens with zero attached hydrogens (tertiary/aromatic N) is 3. The molecule has 0 fully saturated rings. The zero-order valence-corrected chi connectivity index (χ0v) is 13.1. The minimum atomic E-state index is -0.437. The van der Waals surface area contributed by atoms with E-state index < -0.39 is 4.92 Å². The number of phenols is 1. The predicted octanol–water partition coefficient (Wildman–Crippen LogP) is 3.87. The number of nitro groups is 1. The molecule has 120 valence electrons. The SMILES string of the molecule is O=[N+]([O-])c1ccc(-c2csc(N/N=C/c3cccc(O)c3)n2)cc1. The standard InChI is InChI=1S/C16H12N4O3S/c21-14-3-1-2-11(8-14)9-17-19-16-18-15(10-24-16)12-4-6-13(7-5-12)20(22)23/h1-10,21H,(H,18,19)/b17-9+. The van der Waals surface area contributed by atoms with Gasteiger partial charge in [-0.1, -0.05) is 12.1 Å². The van der Waals surface area contributed by atoms with E-state index in [-0.39, 0.29) is 11.4 Å². The summed E-state index contributed by atoms with van der Waals surface area (Å²) in [4.78, 5) is 14.6. The maximum absolute atomic E-state index is 10.7. The summed E-state index contributed by atoms with van der Waals surface area (Å²) in [7, 11) is 0. The largest absolute Gasteiger partial charge is 0.508 e. The summed E-state index contributed by atoms with van der Waals surface area (Å²) >= 11 is 1.37. The average molecular weight is 340 g/mol. The van der Waals surface area contributed by atoms with Crippen LogP contribution < -0.4 is 5.43 Å². The lowest BCUT2D eigenvalue weighted by Gasteiger charge is -1.97. The van der Waals surface area contributed by atoms with Crippen molar-refractivity contribution in [2.45, 2.75) is 0 Å². The van der Waals surface area contributed by atoms with Gasteiger partial charge in [-0.25, -0.2) is 4.98 Å². The van der Waals surface area contributed by atoms with E-state index in [0.717, 1.165) is 11.1 Å². The molecule has 7 nitrogen and oxygen atoms in total. The number of hydrogen-bond donors (Lipinski definition) is 2. The number of nitro benzene ring substituents is 1. The number of phenolic OH excluding ortho intramolecular Hbond substituents is 1. The minimum Gasteiger partial charge on any atom is -0.508 e. The van der Waals surface area contributed by atoms with Crippen molar-refractivity contribution < 1.29 is 10.0 Å². The Kier molecular flexibility index (Phi) is 4.48. The predicted molar refractivity (Wildman–Crippen MR) is 93.5 cm³/mol. The van der Waals surface area contributed by atoms with Crippen molar-refractivity contribution >= 4 is 28.4 Å². The lowest BCUT2D eigenvalue weighted by molar-refractivity contribution is -0.384. The van der Waals surface area contributed by atoms with E-state index in [1.165, 1.54) is 23.5 Å². The van der Waals surface area contributed by atoms with E-state index in [1.807, 2.05) is 11.4 Å². The highest BCUT2D eigenvalue weighted by atomic mass is 32.1. The second-order valence-corrected chi connectivity index (χ2v) is 5.66. The Morgan fingerprint density at radius 3 is 2.75 bits per heavy atom. The van der Waals surface area contributed by atoms with Gasteiger partial charge in [-0.3, -0.25) is 15.5 Å². The van der Waals surface area contributed by atoms with Crippen molar-refractivity contribution in [3.8, 4) is 17.0 Å². The van der Waals surface area contributed by atoms with E-state index in [2.05, 4.69) is 15.5 Å². The molecular weight excluding hydrogens is 328 g/mol. The van der Waals surface area contributed by atoms with Gasteiger partial charge in [0.05, 0.1) is 16.8 Å². The van der Waals surface area contributed by atoms with Gasteiger partial charge in [0.15, 0.2) is 0 Å². The zero-order valence-electron chi connectivity index (χ0n) is 12.3. The second kappa shape index (κ2) is 6.88. The highest BCUT2D eigenvalue weighted by Crippen LogP contribution is 2.26. The third-order valence-electron chi connectivity index (χ3n) is 3.12. The molecule has 0 saturated carbocycles. The Balaban J connectivity index is 1.68. The van der Waals surface area contributed by atoms with Gasteiger partial charge < -0.3 is 5.11 Å². The molecule has 1 aromatic heterocycles. The van der Waals surface area contributed by atoms with E-state index in [9.17, 15) is 15.2 Å². The molecule has 0 atom stereocenters. The number of non-ortho nitro benzene ring substituents is 1. The summed E-state index contributed by atoms with van der Waals surface area (Å²) in [5, 5.41) is 26.5. The molecule has 3 aromatic rings. The van der Waals surface area contributed by atoms with Crippen LogP contribution in [0.25, 0.3) is 11.3 Å². The number of hydrazone groups is 1. The number of aromatic nitrogens is 1. The minimum absolute atomic E-state index is 0.0445. The van der Waals surface area contributed by atoms with Crippen LogP contribution in [0.5, 0.6) is 5.75 Å². The van der Waals surface area contributed by atoms with Crippen LogP contribution >= 0.6 is 11.3 Å². The number of thiazole rings is 1. The van der Waals surface area contributed by atoms with Gasteiger partial charge in [0.2, 0.25) is 5.13 Å². The molecule has 24 heavy (non-hydrogen) atoms. The Morgan fingerprint density at radius 1 is 1.25 bits per heavy atom. The first-order valence-corrected chi connectivity index (χ1v) is 7.78. The molecule has 0 spiro atoms. The summed E-state index contributed by atoms with van der Waals surface area (Å²) < 4.78 is 0. The third kappa shape index (κ3) is 3.73. The summed E-state index contributed by atoms with van der Waals surface area (Å²) in [5.41, 5.74) is 5.13. The molecule has 0 aliphatic rings. The topological polar surface area (TPSA) is 101 Å². The van der Waals surface area contributed by atoms with Crippen LogP contribution in [-0.2, 0) is 0 Å². The average Bonchev–Trinajstić information content (AvgIpc) is 3.04. The van der Waals surface area contributed by atoms with E-state index >= 15 is 0 Å². The van der Waals surface area contributed by atoms with Crippen LogP contribution in [0.3, 0.4) is 0 Å². The molecule has 2 aromatic carbocycles. The van der Waals surface area contributed by atoms with Crippen LogP contribution in [0, 0.1) is 10.1 Å². The van der Waals surface area contributed by atoms with Crippen molar-refractivity contribution in [1.82, 2.24) is 4.98 Å². The summed E-state index contributed by atoms with van der Waals surface area (Å²) in [6.07, 6.45) is 1.58.